The molecule has 0 saturated carbocycles. The zero-order valence-corrected chi connectivity index (χ0v) is 6.04. The smallest absolute Gasteiger partial charge is 0.147 e. The average molecular weight is 144 g/mol. The number of carbonyl (C=O) groups is 1. The summed E-state index contributed by atoms with van der Waals surface area (Å²) in [5.74, 6) is 1.08. The van der Waals surface area contributed by atoms with E-state index in [0.29, 0.717) is 0 Å². The van der Waals surface area contributed by atoms with Crippen molar-refractivity contribution < 1.29 is 4.79 Å². The summed E-state index contributed by atoms with van der Waals surface area (Å²) in [6, 6.07) is 0. The van der Waals surface area contributed by atoms with Crippen LogP contribution < -0.4 is 5.32 Å². The molecule has 1 saturated heterocycles. The van der Waals surface area contributed by atoms with Crippen LogP contribution in [-0.4, -0.2) is 29.9 Å². The number of nitrogens with one attached hydrogen (secondary N) is 1. The number of Topliss-reactive ketones (excluding diaryl/α,β-unsaturated/α-hetero) is 1. The Morgan fingerprint density at radius 3 is 2.89 bits per heavy atom. The summed E-state index contributed by atoms with van der Waals surface area (Å²) in [4.78, 5) is 10.6. The quantitative estimate of drug-likeness (QED) is 0.565. The number of carbonyl (C=O) groups excluding carboxylic acids is 1. The molecule has 9 heavy (non-hydrogen) atoms. The van der Waals surface area contributed by atoms with E-state index in [9.17, 15) is 4.79 Å². The predicted molar refractivity (Wildman–Crippen MR) is 39.5 cm³/mol. The highest BCUT2D eigenvalue weighted by atomic mass is 32.2. The Kier molecular flexibility index (Phi) is 2.54. The lowest BCUT2D eigenvalue weighted by Crippen LogP contribution is -2.36. The largest absolute Gasteiger partial charge is 0.314 e. The monoisotopic (exact) mass is 144 g/mol. The van der Waals surface area contributed by atoms with Gasteiger partial charge < -0.3 is 5.32 Å². The van der Waals surface area contributed by atoms with E-state index in [1.54, 1.807) is 11.8 Å². The van der Waals surface area contributed by atoms with Crippen LogP contribution in [0.25, 0.3) is 0 Å². The fourth-order valence-electron chi connectivity index (χ4n) is 0.772. The standard InChI is InChI=1S/C6H10NOS/c1-5(8)6-4-7-2-3-9-6/h6-7H,1-4H2. The van der Waals surface area contributed by atoms with Crippen LogP contribution >= 0.6 is 11.8 Å². The van der Waals surface area contributed by atoms with Crippen molar-refractivity contribution in [3.8, 4) is 0 Å². The SMILES string of the molecule is [CH2]C(=O)C1CNCCS1. The third-order valence-corrected chi connectivity index (χ3v) is 2.56. The fraction of sp³-hybridized carbons (Fsp3) is 0.667. The van der Waals surface area contributed by atoms with Crippen LogP contribution in [0.15, 0.2) is 0 Å². The second kappa shape index (κ2) is 3.22. The van der Waals surface area contributed by atoms with Gasteiger partial charge >= 0.3 is 0 Å². The molecule has 1 fully saturated rings. The van der Waals surface area contributed by atoms with Crippen LogP contribution in [0.5, 0.6) is 0 Å². The zero-order chi connectivity index (χ0) is 6.69. The number of thioether (sulfide) groups is 1. The van der Waals surface area contributed by atoms with Gasteiger partial charge in [0.25, 0.3) is 0 Å². The molecular weight excluding hydrogens is 134 g/mol. The number of ketones is 1. The first-order chi connectivity index (χ1) is 4.30. The summed E-state index contributed by atoms with van der Waals surface area (Å²) >= 11 is 1.70. The van der Waals surface area contributed by atoms with Gasteiger partial charge in [0.2, 0.25) is 0 Å². The summed E-state index contributed by atoms with van der Waals surface area (Å²) in [7, 11) is 0. The number of hydrogen-bond donors (Lipinski definition) is 1. The van der Waals surface area contributed by atoms with Crippen molar-refractivity contribution in [2.45, 2.75) is 5.25 Å². The summed E-state index contributed by atoms with van der Waals surface area (Å²) in [6.07, 6.45) is 0. The maximum absolute atomic E-state index is 10.6. The molecule has 1 radical (unpaired) electrons. The Balaban J connectivity index is 2.31. The number of rotatable bonds is 1. The summed E-state index contributed by atoms with van der Waals surface area (Å²) in [5, 5.41) is 3.24. The van der Waals surface area contributed by atoms with E-state index in [4.69, 9.17) is 0 Å². The molecule has 51 valence electrons. The minimum absolute atomic E-state index is 0.0483. The van der Waals surface area contributed by atoms with Crippen molar-refractivity contribution >= 4 is 17.5 Å². The van der Waals surface area contributed by atoms with Crippen molar-refractivity contribution in [2.24, 2.45) is 0 Å². The highest BCUT2D eigenvalue weighted by Crippen LogP contribution is 2.13. The minimum Gasteiger partial charge on any atom is -0.314 e. The highest BCUT2D eigenvalue weighted by molar-refractivity contribution is 8.00. The van der Waals surface area contributed by atoms with Gasteiger partial charge in [0.05, 0.1) is 5.25 Å². The van der Waals surface area contributed by atoms with Crippen molar-refractivity contribution in [3.05, 3.63) is 6.92 Å². The lowest BCUT2D eigenvalue weighted by molar-refractivity contribution is -0.114. The van der Waals surface area contributed by atoms with Gasteiger partial charge in [-0.05, 0) is 0 Å². The molecule has 0 aromatic heterocycles. The second-order valence-corrected chi connectivity index (χ2v) is 3.34. The topological polar surface area (TPSA) is 29.1 Å². The molecule has 0 aromatic rings. The molecule has 0 bridgehead atoms. The highest BCUT2D eigenvalue weighted by Gasteiger charge is 2.16. The second-order valence-electron chi connectivity index (χ2n) is 2.03. The molecule has 2 nitrogen and oxygen atoms in total. The van der Waals surface area contributed by atoms with Crippen LogP contribution in [0.4, 0.5) is 0 Å². The van der Waals surface area contributed by atoms with Gasteiger partial charge in [-0.2, -0.15) is 0 Å². The van der Waals surface area contributed by atoms with E-state index in [2.05, 4.69) is 12.2 Å². The first-order valence-electron chi connectivity index (χ1n) is 2.99. The molecular formula is C6H10NOS. The molecule has 1 atom stereocenters. The van der Waals surface area contributed by atoms with Crippen molar-refractivity contribution in [1.29, 1.82) is 0 Å². The normalized spacial score (nSPS) is 27.9. The third-order valence-electron chi connectivity index (χ3n) is 1.29. The van der Waals surface area contributed by atoms with Gasteiger partial charge in [-0.1, -0.05) is 0 Å². The Morgan fingerprint density at radius 2 is 2.56 bits per heavy atom. The van der Waals surface area contributed by atoms with Gasteiger partial charge in [0.15, 0.2) is 0 Å². The predicted octanol–water partition coefficient (Wildman–Crippen LogP) is 0.0946. The van der Waals surface area contributed by atoms with E-state index in [0.717, 1.165) is 18.8 Å². The molecule has 0 amide bonds. The van der Waals surface area contributed by atoms with Gasteiger partial charge in [0, 0.05) is 25.8 Å². The van der Waals surface area contributed by atoms with E-state index in [-0.39, 0.29) is 11.0 Å². The summed E-state index contributed by atoms with van der Waals surface area (Å²) < 4.78 is 0. The van der Waals surface area contributed by atoms with E-state index in [1.165, 1.54) is 0 Å². The van der Waals surface area contributed by atoms with E-state index in [1.807, 2.05) is 0 Å². The molecule has 1 aliphatic rings. The zero-order valence-electron chi connectivity index (χ0n) is 5.22. The molecule has 1 rings (SSSR count). The van der Waals surface area contributed by atoms with Crippen LogP contribution in [0, 0.1) is 6.92 Å². The lowest BCUT2D eigenvalue weighted by atomic mass is 10.3. The van der Waals surface area contributed by atoms with Gasteiger partial charge in [-0.25, -0.2) is 0 Å². The maximum atomic E-state index is 10.6. The fourth-order valence-corrected chi connectivity index (χ4v) is 1.74. The number of hydrogen-bond acceptors (Lipinski definition) is 3. The van der Waals surface area contributed by atoms with Gasteiger partial charge in [-0.3, -0.25) is 4.79 Å². The summed E-state index contributed by atoms with van der Waals surface area (Å²) in [6.45, 7) is 5.18. The van der Waals surface area contributed by atoms with Gasteiger partial charge in [0.1, 0.15) is 5.78 Å². The Morgan fingerprint density at radius 1 is 1.78 bits per heavy atom. The molecule has 1 aliphatic heterocycles. The molecule has 1 unspecified atom stereocenters. The maximum Gasteiger partial charge on any atom is 0.147 e. The molecule has 0 aliphatic carbocycles. The minimum atomic E-state index is 0.0483. The van der Waals surface area contributed by atoms with Crippen LogP contribution in [0.3, 0.4) is 0 Å². The first-order valence-corrected chi connectivity index (χ1v) is 4.03. The van der Waals surface area contributed by atoms with Crippen molar-refractivity contribution in [1.82, 2.24) is 5.32 Å². The molecule has 1 N–H and O–H groups in total. The van der Waals surface area contributed by atoms with Crippen LogP contribution in [0.1, 0.15) is 0 Å². The van der Waals surface area contributed by atoms with Crippen molar-refractivity contribution in [3.63, 3.8) is 0 Å². The Hall–Kier alpha value is -0.0200. The van der Waals surface area contributed by atoms with E-state index >= 15 is 0 Å². The molecule has 0 aromatic carbocycles. The molecule has 3 heteroatoms. The molecule has 0 spiro atoms. The van der Waals surface area contributed by atoms with E-state index < -0.39 is 0 Å². The third kappa shape index (κ3) is 1.99. The summed E-state index contributed by atoms with van der Waals surface area (Å²) in [5.41, 5.74) is 0. The Labute approximate surface area is 59.4 Å². The lowest BCUT2D eigenvalue weighted by Gasteiger charge is -2.19. The van der Waals surface area contributed by atoms with Crippen LogP contribution in [-0.2, 0) is 4.79 Å². The molecule has 1 heterocycles. The average Bonchev–Trinajstić information content (AvgIpc) is 1.90. The van der Waals surface area contributed by atoms with Gasteiger partial charge in [-0.15, -0.1) is 11.8 Å². The Bertz CT molecular complexity index is 110. The van der Waals surface area contributed by atoms with Crippen LogP contribution in [0.2, 0.25) is 0 Å². The first kappa shape index (κ1) is 7.09. The van der Waals surface area contributed by atoms with Crippen molar-refractivity contribution in [2.75, 3.05) is 18.8 Å².